The van der Waals surface area contributed by atoms with E-state index in [4.69, 9.17) is 14.2 Å². The first kappa shape index (κ1) is 30.4. The number of aromatic nitrogens is 5. The first-order valence-electron chi connectivity index (χ1n) is 13.4. The summed E-state index contributed by atoms with van der Waals surface area (Å²) in [4.78, 5) is 19.7. The van der Waals surface area contributed by atoms with Crippen molar-refractivity contribution in [3.63, 3.8) is 0 Å². The summed E-state index contributed by atoms with van der Waals surface area (Å²) in [7, 11) is -1.49. The molecule has 11 nitrogen and oxygen atoms in total. The van der Waals surface area contributed by atoms with Crippen LogP contribution in [0.25, 0.3) is 33.4 Å². The number of ether oxygens (including phenoxy) is 3. The van der Waals surface area contributed by atoms with Crippen LogP contribution in [-0.4, -0.2) is 62.7 Å². The summed E-state index contributed by atoms with van der Waals surface area (Å²) in [6.07, 6.45) is -0.343. The average molecular weight is 623 g/mol. The van der Waals surface area contributed by atoms with Gasteiger partial charge in [0, 0.05) is 55.4 Å². The van der Waals surface area contributed by atoms with Crippen LogP contribution in [-0.2, 0) is 18.0 Å². The molecule has 16 heteroatoms. The number of nitrogens with zero attached hydrogens (tertiary/aromatic N) is 6. The molecule has 0 aliphatic carbocycles. The van der Waals surface area contributed by atoms with Crippen molar-refractivity contribution in [3.05, 3.63) is 52.5 Å². The van der Waals surface area contributed by atoms with Gasteiger partial charge in [-0.25, -0.2) is 23.4 Å². The van der Waals surface area contributed by atoms with Gasteiger partial charge in [0.2, 0.25) is 11.8 Å². The fourth-order valence-electron chi connectivity index (χ4n) is 4.92. The van der Waals surface area contributed by atoms with Crippen LogP contribution in [0.2, 0.25) is 25.7 Å². The zero-order valence-corrected chi connectivity index (χ0v) is 24.9. The minimum atomic E-state index is -3.21. The Bertz CT molecular complexity index is 1660. The molecule has 0 saturated carbocycles. The van der Waals surface area contributed by atoms with Gasteiger partial charge in [-0.05, 0) is 30.3 Å². The molecule has 5 heterocycles. The van der Waals surface area contributed by atoms with Crippen molar-refractivity contribution in [1.29, 1.82) is 0 Å². The second-order valence-electron chi connectivity index (χ2n) is 11.7. The fourth-order valence-corrected chi connectivity index (χ4v) is 5.68. The number of alkyl halides is 4. The van der Waals surface area contributed by atoms with E-state index in [-0.39, 0.29) is 41.5 Å². The van der Waals surface area contributed by atoms with Gasteiger partial charge in [-0.1, -0.05) is 19.6 Å². The second-order valence-corrected chi connectivity index (χ2v) is 17.3. The standard InChI is InChI=1S/C27H30F4N6O5Si/c1-27(37(38)39)13-36-25(41-14-27)19(20(34-36)22(28)29)21-18(17-8-6-10-33-24(17)42-26(30)31)16-7-5-9-32-23(16)35(21)15-40-11-12-43(2,3)4/h5-10,22,26H,11-15H2,1-4H3/t27-/m0/s1. The molecule has 5 rings (SSSR count). The molecule has 4 aromatic rings. The summed E-state index contributed by atoms with van der Waals surface area (Å²) in [6.45, 7) is 4.19. The van der Waals surface area contributed by atoms with Crippen LogP contribution in [0.15, 0.2) is 36.7 Å². The van der Waals surface area contributed by atoms with Gasteiger partial charge in [0.25, 0.3) is 12.0 Å². The highest BCUT2D eigenvalue weighted by atomic mass is 28.3. The molecule has 230 valence electrons. The fraction of sp³-hybridized carbons (Fsp3) is 0.444. The summed E-state index contributed by atoms with van der Waals surface area (Å²) < 4.78 is 75.5. The van der Waals surface area contributed by atoms with Gasteiger partial charge in [0.15, 0.2) is 6.61 Å². The van der Waals surface area contributed by atoms with Gasteiger partial charge in [-0.2, -0.15) is 13.9 Å². The van der Waals surface area contributed by atoms with Crippen LogP contribution in [0.4, 0.5) is 17.6 Å². The molecule has 1 atom stereocenters. The normalized spacial score (nSPS) is 17.0. The Morgan fingerprint density at radius 1 is 1.14 bits per heavy atom. The first-order valence-corrected chi connectivity index (χ1v) is 17.1. The van der Waals surface area contributed by atoms with E-state index in [1.807, 2.05) is 0 Å². The highest BCUT2D eigenvalue weighted by molar-refractivity contribution is 6.76. The molecule has 1 aliphatic rings. The third-order valence-corrected chi connectivity index (χ3v) is 8.81. The molecule has 43 heavy (non-hydrogen) atoms. The van der Waals surface area contributed by atoms with Crippen molar-refractivity contribution >= 4 is 19.1 Å². The smallest absolute Gasteiger partial charge is 0.388 e. The Kier molecular flexibility index (Phi) is 8.17. The summed E-state index contributed by atoms with van der Waals surface area (Å²) in [6, 6.07) is 7.10. The van der Waals surface area contributed by atoms with E-state index in [0.29, 0.717) is 17.6 Å². The molecule has 0 saturated heterocycles. The van der Waals surface area contributed by atoms with Crippen molar-refractivity contribution in [2.45, 2.75) is 64.5 Å². The van der Waals surface area contributed by atoms with Crippen molar-refractivity contribution in [2.24, 2.45) is 0 Å². The largest absolute Gasteiger partial charge is 0.470 e. The second kappa shape index (κ2) is 11.6. The number of hydrogen-bond donors (Lipinski definition) is 0. The van der Waals surface area contributed by atoms with Crippen molar-refractivity contribution in [2.75, 3.05) is 13.2 Å². The highest BCUT2D eigenvalue weighted by Crippen LogP contribution is 2.49. The SMILES string of the molecule is C[C@@]1([N+](=O)[O-])COc2c(-c3c(-c4cccnc4OC(F)F)c4cccnc4n3COCC[Si](C)(C)C)c(C(F)F)nn2C1. The Hall–Kier alpha value is -4.05. The molecule has 0 bridgehead atoms. The van der Waals surface area contributed by atoms with Crippen LogP contribution in [0.1, 0.15) is 19.0 Å². The van der Waals surface area contributed by atoms with E-state index >= 15 is 0 Å². The quantitative estimate of drug-likeness (QED) is 0.0634. The molecule has 0 N–H and O–H groups in total. The maximum absolute atomic E-state index is 14.7. The number of pyridine rings is 2. The Labute approximate surface area is 244 Å². The van der Waals surface area contributed by atoms with Crippen LogP contribution >= 0.6 is 0 Å². The van der Waals surface area contributed by atoms with E-state index in [0.717, 1.165) is 10.7 Å². The van der Waals surface area contributed by atoms with Gasteiger partial charge in [0.1, 0.15) is 24.6 Å². The predicted octanol–water partition coefficient (Wildman–Crippen LogP) is 6.24. The maximum atomic E-state index is 14.7. The van der Waals surface area contributed by atoms with Crippen molar-refractivity contribution in [1.82, 2.24) is 24.3 Å². The topological polar surface area (TPSA) is 119 Å². The molecule has 0 unspecified atom stereocenters. The van der Waals surface area contributed by atoms with E-state index in [1.165, 1.54) is 31.5 Å². The molecule has 0 fully saturated rings. The average Bonchev–Trinajstić information content (AvgIpc) is 3.45. The third kappa shape index (κ3) is 5.93. The van der Waals surface area contributed by atoms with Crippen LogP contribution in [0.3, 0.4) is 0 Å². The summed E-state index contributed by atoms with van der Waals surface area (Å²) in [5, 5.41) is 16.2. The number of hydrogen-bond acceptors (Lipinski definition) is 8. The molecule has 0 amide bonds. The molecule has 1 aliphatic heterocycles. The lowest BCUT2D eigenvalue weighted by atomic mass is 9.98. The van der Waals surface area contributed by atoms with Gasteiger partial charge < -0.3 is 18.8 Å². The Balaban J connectivity index is 1.81. The van der Waals surface area contributed by atoms with Gasteiger partial charge in [-0.15, -0.1) is 0 Å². The molecule has 4 aromatic heterocycles. The van der Waals surface area contributed by atoms with Gasteiger partial charge >= 0.3 is 6.61 Å². The van der Waals surface area contributed by atoms with E-state index in [2.05, 4.69) is 34.7 Å². The molecular formula is C27H30F4N6O5Si. The Morgan fingerprint density at radius 3 is 2.53 bits per heavy atom. The van der Waals surface area contributed by atoms with Crippen LogP contribution < -0.4 is 9.47 Å². The minimum Gasteiger partial charge on any atom is -0.470 e. The van der Waals surface area contributed by atoms with Crippen molar-refractivity contribution < 1.29 is 36.7 Å². The first-order chi connectivity index (χ1) is 20.3. The van der Waals surface area contributed by atoms with Gasteiger partial charge in [0.05, 0.1) is 11.3 Å². The Morgan fingerprint density at radius 2 is 1.86 bits per heavy atom. The number of nitro groups is 1. The highest BCUT2D eigenvalue weighted by Gasteiger charge is 2.46. The molecule has 0 spiro atoms. The third-order valence-electron chi connectivity index (χ3n) is 7.10. The minimum absolute atomic E-state index is 0.0859. The summed E-state index contributed by atoms with van der Waals surface area (Å²) in [5.74, 6) is -0.551. The number of rotatable bonds is 11. The summed E-state index contributed by atoms with van der Waals surface area (Å²) in [5.41, 5.74) is -1.76. The maximum Gasteiger partial charge on any atom is 0.388 e. The van der Waals surface area contributed by atoms with E-state index in [1.54, 1.807) is 16.7 Å². The zero-order valence-electron chi connectivity index (χ0n) is 23.9. The van der Waals surface area contributed by atoms with Crippen molar-refractivity contribution in [3.8, 4) is 34.1 Å². The number of halogens is 4. The lowest BCUT2D eigenvalue weighted by Gasteiger charge is -2.27. The molecular weight excluding hydrogens is 592 g/mol. The monoisotopic (exact) mass is 622 g/mol. The van der Waals surface area contributed by atoms with Gasteiger partial charge in [-0.3, -0.25) is 10.1 Å². The predicted molar refractivity (Wildman–Crippen MR) is 151 cm³/mol. The van der Waals surface area contributed by atoms with E-state index < -0.39 is 49.8 Å². The lowest BCUT2D eigenvalue weighted by molar-refractivity contribution is -0.572. The van der Waals surface area contributed by atoms with Crippen LogP contribution in [0.5, 0.6) is 11.8 Å². The zero-order chi connectivity index (χ0) is 31.1. The molecule has 0 aromatic carbocycles. The van der Waals surface area contributed by atoms with Crippen LogP contribution in [0, 0.1) is 10.1 Å². The lowest BCUT2D eigenvalue weighted by Crippen LogP contribution is -2.48. The van der Waals surface area contributed by atoms with E-state index in [9.17, 15) is 27.7 Å². The number of fused-ring (bicyclic) bond motifs is 2. The molecule has 0 radical (unpaired) electrons. The summed E-state index contributed by atoms with van der Waals surface area (Å²) >= 11 is 0.